The predicted molar refractivity (Wildman–Crippen MR) is 114 cm³/mol. The molecule has 152 valence electrons. The lowest BCUT2D eigenvalue weighted by atomic mass is 10.1. The van der Waals surface area contributed by atoms with Gasteiger partial charge in [-0.15, -0.1) is 11.3 Å². The van der Waals surface area contributed by atoms with Gasteiger partial charge >= 0.3 is 0 Å². The molecule has 0 saturated carbocycles. The van der Waals surface area contributed by atoms with Crippen molar-refractivity contribution >= 4 is 17.2 Å². The standard InChI is InChI=1S/C22H31N3O2S/c1-16-7-5-8-20(17(16)2)27-14-6-9-24-10-12-25(13-11-24)22(26)15-21-18(3)23-19(4)28-21/h5,7-8H,6,9-15H2,1-4H3. The summed E-state index contributed by atoms with van der Waals surface area (Å²) in [5.41, 5.74) is 3.49. The number of carbonyl (C=O) groups excluding carboxylic acids is 1. The van der Waals surface area contributed by atoms with Gasteiger partial charge in [0, 0.05) is 37.6 Å². The van der Waals surface area contributed by atoms with E-state index in [0.717, 1.165) is 67.1 Å². The molecule has 1 amide bonds. The molecule has 0 spiro atoms. The number of rotatable bonds is 7. The highest BCUT2D eigenvalue weighted by Crippen LogP contribution is 2.21. The summed E-state index contributed by atoms with van der Waals surface area (Å²) in [5.74, 6) is 1.22. The summed E-state index contributed by atoms with van der Waals surface area (Å²) in [6, 6.07) is 6.20. The van der Waals surface area contributed by atoms with E-state index in [1.165, 1.54) is 11.1 Å². The number of amides is 1. The van der Waals surface area contributed by atoms with Crippen molar-refractivity contribution in [1.29, 1.82) is 0 Å². The molecule has 5 nitrogen and oxygen atoms in total. The van der Waals surface area contributed by atoms with Crippen LogP contribution in [0.4, 0.5) is 0 Å². The van der Waals surface area contributed by atoms with E-state index in [1.54, 1.807) is 11.3 Å². The zero-order valence-corrected chi connectivity index (χ0v) is 18.3. The van der Waals surface area contributed by atoms with Crippen LogP contribution in [0.1, 0.15) is 33.1 Å². The van der Waals surface area contributed by atoms with E-state index >= 15 is 0 Å². The van der Waals surface area contributed by atoms with Gasteiger partial charge in [-0.3, -0.25) is 9.69 Å². The van der Waals surface area contributed by atoms with Crippen LogP contribution < -0.4 is 4.74 Å². The molecule has 1 aliphatic heterocycles. The molecule has 28 heavy (non-hydrogen) atoms. The Hall–Kier alpha value is -1.92. The number of carbonyl (C=O) groups is 1. The molecule has 1 aliphatic rings. The molecule has 1 fully saturated rings. The molecule has 6 heteroatoms. The van der Waals surface area contributed by atoms with Crippen LogP contribution in [0, 0.1) is 27.7 Å². The first kappa shape index (κ1) is 20.8. The fourth-order valence-corrected chi connectivity index (χ4v) is 4.49. The summed E-state index contributed by atoms with van der Waals surface area (Å²) >= 11 is 1.64. The molecule has 0 N–H and O–H groups in total. The second-order valence-electron chi connectivity index (χ2n) is 7.54. The number of piperazine rings is 1. The van der Waals surface area contributed by atoms with E-state index in [9.17, 15) is 4.79 Å². The lowest BCUT2D eigenvalue weighted by Gasteiger charge is -2.34. The molecule has 2 aromatic rings. The van der Waals surface area contributed by atoms with Gasteiger partial charge in [0.15, 0.2) is 0 Å². The molecule has 1 aromatic carbocycles. The zero-order chi connectivity index (χ0) is 20.1. The second kappa shape index (κ2) is 9.52. The summed E-state index contributed by atoms with van der Waals surface area (Å²) in [5, 5.41) is 1.04. The molecular formula is C22H31N3O2S. The first-order chi connectivity index (χ1) is 13.4. The maximum Gasteiger partial charge on any atom is 0.227 e. The number of aromatic nitrogens is 1. The maximum atomic E-state index is 12.6. The van der Waals surface area contributed by atoms with Crippen LogP contribution in [-0.2, 0) is 11.2 Å². The number of aryl methyl sites for hydroxylation is 3. The highest BCUT2D eigenvalue weighted by molar-refractivity contribution is 7.11. The van der Waals surface area contributed by atoms with Crippen molar-refractivity contribution in [3.05, 3.63) is 44.9 Å². The van der Waals surface area contributed by atoms with Crippen molar-refractivity contribution < 1.29 is 9.53 Å². The van der Waals surface area contributed by atoms with Crippen LogP contribution in [-0.4, -0.2) is 60.0 Å². The number of hydrogen-bond donors (Lipinski definition) is 0. The topological polar surface area (TPSA) is 45.7 Å². The first-order valence-electron chi connectivity index (χ1n) is 10.1. The molecule has 0 bridgehead atoms. The van der Waals surface area contributed by atoms with Crippen molar-refractivity contribution in [1.82, 2.24) is 14.8 Å². The van der Waals surface area contributed by atoms with Gasteiger partial charge in [-0.25, -0.2) is 4.98 Å². The van der Waals surface area contributed by atoms with Crippen molar-refractivity contribution in [3.63, 3.8) is 0 Å². The van der Waals surface area contributed by atoms with E-state index in [-0.39, 0.29) is 5.91 Å². The molecule has 0 atom stereocenters. The van der Waals surface area contributed by atoms with Gasteiger partial charge in [0.25, 0.3) is 0 Å². The van der Waals surface area contributed by atoms with Crippen molar-refractivity contribution in [2.24, 2.45) is 0 Å². The Balaban J connectivity index is 1.36. The van der Waals surface area contributed by atoms with E-state index in [1.807, 2.05) is 30.9 Å². The van der Waals surface area contributed by atoms with Gasteiger partial charge < -0.3 is 9.64 Å². The highest BCUT2D eigenvalue weighted by Gasteiger charge is 2.22. The molecule has 2 heterocycles. The van der Waals surface area contributed by atoms with Gasteiger partial charge in [-0.2, -0.15) is 0 Å². The average molecular weight is 402 g/mol. The minimum absolute atomic E-state index is 0.227. The fraction of sp³-hybridized carbons (Fsp3) is 0.545. The van der Waals surface area contributed by atoms with Gasteiger partial charge in [0.2, 0.25) is 5.91 Å². The number of nitrogens with zero attached hydrogens (tertiary/aromatic N) is 3. The third-order valence-corrected chi connectivity index (χ3v) is 6.54. The summed E-state index contributed by atoms with van der Waals surface area (Å²) in [4.78, 5) is 22.5. The molecule has 0 aliphatic carbocycles. The smallest absolute Gasteiger partial charge is 0.227 e. The van der Waals surface area contributed by atoms with Gasteiger partial charge in [-0.05, 0) is 51.3 Å². The van der Waals surface area contributed by atoms with Gasteiger partial charge in [-0.1, -0.05) is 12.1 Å². The normalized spacial score (nSPS) is 15.1. The van der Waals surface area contributed by atoms with Crippen molar-refractivity contribution in [3.8, 4) is 5.75 Å². The highest BCUT2D eigenvalue weighted by atomic mass is 32.1. The minimum atomic E-state index is 0.227. The molecular weight excluding hydrogens is 370 g/mol. The molecule has 1 aromatic heterocycles. The van der Waals surface area contributed by atoms with Crippen LogP contribution in [0.5, 0.6) is 5.75 Å². The van der Waals surface area contributed by atoms with Gasteiger partial charge in [0.05, 0.1) is 23.7 Å². The van der Waals surface area contributed by atoms with E-state index in [2.05, 4.69) is 29.8 Å². The number of benzene rings is 1. The summed E-state index contributed by atoms with van der Waals surface area (Å²) in [6.07, 6.45) is 1.49. The van der Waals surface area contributed by atoms with Crippen LogP contribution in [0.3, 0.4) is 0 Å². The van der Waals surface area contributed by atoms with Crippen molar-refractivity contribution in [2.45, 2.75) is 40.5 Å². The number of ether oxygens (including phenoxy) is 1. The SMILES string of the molecule is Cc1nc(C)c(CC(=O)N2CCN(CCCOc3cccc(C)c3C)CC2)s1. The molecule has 0 radical (unpaired) electrons. The molecule has 0 unspecified atom stereocenters. The Bertz CT molecular complexity index is 810. The number of hydrogen-bond acceptors (Lipinski definition) is 5. The second-order valence-corrected chi connectivity index (χ2v) is 8.83. The van der Waals surface area contributed by atoms with Crippen LogP contribution in [0.15, 0.2) is 18.2 Å². The first-order valence-corrected chi connectivity index (χ1v) is 10.9. The quantitative estimate of drug-likeness (QED) is 0.666. The summed E-state index contributed by atoms with van der Waals surface area (Å²) < 4.78 is 5.95. The summed E-state index contributed by atoms with van der Waals surface area (Å²) in [6.45, 7) is 13.5. The van der Waals surface area contributed by atoms with E-state index < -0.39 is 0 Å². The predicted octanol–water partition coefficient (Wildman–Crippen LogP) is 3.53. The monoisotopic (exact) mass is 401 g/mol. The van der Waals surface area contributed by atoms with E-state index in [4.69, 9.17) is 4.74 Å². The Kier molecular flexibility index (Phi) is 7.08. The van der Waals surface area contributed by atoms with Crippen LogP contribution in [0.25, 0.3) is 0 Å². The van der Waals surface area contributed by atoms with Gasteiger partial charge in [0.1, 0.15) is 5.75 Å². The Morgan fingerprint density at radius 1 is 1.14 bits per heavy atom. The third-order valence-electron chi connectivity index (χ3n) is 5.47. The minimum Gasteiger partial charge on any atom is -0.493 e. The maximum absolute atomic E-state index is 12.6. The third kappa shape index (κ3) is 5.32. The summed E-state index contributed by atoms with van der Waals surface area (Å²) in [7, 11) is 0. The number of thiazole rings is 1. The molecule has 1 saturated heterocycles. The largest absolute Gasteiger partial charge is 0.493 e. The molecule has 3 rings (SSSR count). The van der Waals surface area contributed by atoms with Crippen LogP contribution >= 0.6 is 11.3 Å². The zero-order valence-electron chi connectivity index (χ0n) is 17.5. The average Bonchev–Trinajstić information content (AvgIpc) is 2.99. The Labute approximate surface area is 172 Å². The van der Waals surface area contributed by atoms with Crippen molar-refractivity contribution in [2.75, 3.05) is 39.3 Å². The van der Waals surface area contributed by atoms with E-state index in [0.29, 0.717) is 6.42 Å². The Morgan fingerprint density at radius 3 is 2.57 bits per heavy atom. The fourth-order valence-electron chi connectivity index (χ4n) is 3.56. The Morgan fingerprint density at radius 2 is 1.89 bits per heavy atom. The lowest BCUT2D eigenvalue weighted by molar-refractivity contribution is -0.132. The lowest BCUT2D eigenvalue weighted by Crippen LogP contribution is -2.49. The van der Waals surface area contributed by atoms with Crippen LogP contribution in [0.2, 0.25) is 0 Å².